The lowest BCUT2D eigenvalue weighted by Gasteiger charge is -2.01. The molecular formula is C11H13N5O2. The lowest BCUT2D eigenvalue weighted by atomic mass is 10.4. The predicted molar refractivity (Wildman–Crippen MR) is 63.8 cm³/mol. The second-order valence-electron chi connectivity index (χ2n) is 3.60. The smallest absolute Gasteiger partial charge is 0.269 e. The van der Waals surface area contributed by atoms with Crippen molar-refractivity contribution in [1.82, 2.24) is 15.2 Å². The fourth-order valence-electron chi connectivity index (χ4n) is 1.32. The average molecular weight is 247 g/mol. The molecule has 0 radical (unpaired) electrons. The van der Waals surface area contributed by atoms with Gasteiger partial charge in [0.25, 0.3) is 5.91 Å². The standard InChI is InChI=1S/C11H13N5O2/c1-2-7-5-14-10(18-7)6-13-9-4-3-8(11(12)17)15-16-9/h3-5H,2,6H2,1H3,(H2,12,17)(H,13,16). The molecule has 0 bridgehead atoms. The number of aryl methyl sites for hydroxylation is 1. The minimum atomic E-state index is -0.602. The number of oxazole rings is 1. The topological polar surface area (TPSA) is 107 Å². The SMILES string of the molecule is CCc1cnc(CNc2ccc(C(N)=O)nn2)o1. The van der Waals surface area contributed by atoms with Crippen LogP contribution in [0.5, 0.6) is 0 Å². The maximum absolute atomic E-state index is 10.8. The number of carbonyl (C=O) groups is 1. The van der Waals surface area contributed by atoms with Crippen LogP contribution in [0.25, 0.3) is 0 Å². The molecule has 0 fully saturated rings. The number of primary amides is 1. The normalized spacial score (nSPS) is 10.3. The summed E-state index contributed by atoms with van der Waals surface area (Å²) in [7, 11) is 0. The van der Waals surface area contributed by atoms with Crippen LogP contribution in [-0.2, 0) is 13.0 Å². The molecule has 2 rings (SSSR count). The lowest BCUT2D eigenvalue weighted by molar-refractivity contribution is 0.0994. The summed E-state index contributed by atoms with van der Waals surface area (Å²) in [4.78, 5) is 14.9. The summed E-state index contributed by atoms with van der Waals surface area (Å²) in [5.74, 6) is 1.33. The van der Waals surface area contributed by atoms with Crippen LogP contribution in [0.2, 0.25) is 0 Å². The molecule has 2 aromatic rings. The predicted octanol–water partition coefficient (Wildman–Crippen LogP) is 0.738. The summed E-state index contributed by atoms with van der Waals surface area (Å²) < 4.78 is 5.42. The molecule has 0 spiro atoms. The van der Waals surface area contributed by atoms with Crippen molar-refractivity contribution in [3.63, 3.8) is 0 Å². The zero-order chi connectivity index (χ0) is 13.0. The highest BCUT2D eigenvalue weighted by molar-refractivity contribution is 5.90. The van der Waals surface area contributed by atoms with E-state index in [0.29, 0.717) is 18.3 Å². The number of carbonyl (C=O) groups excluding carboxylic acids is 1. The van der Waals surface area contributed by atoms with Gasteiger partial charge in [0.2, 0.25) is 5.89 Å². The third kappa shape index (κ3) is 2.82. The molecule has 2 heterocycles. The Hall–Kier alpha value is -2.44. The Labute approximate surface area is 103 Å². The molecule has 0 saturated carbocycles. The molecule has 3 N–H and O–H groups in total. The van der Waals surface area contributed by atoms with Crippen molar-refractivity contribution < 1.29 is 9.21 Å². The second-order valence-corrected chi connectivity index (χ2v) is 3.60. The fraction of sp³-hybridized carbons (Fsp3) is 0.273. The molecule has 0 aromatic carbocycles. The third-order valence-electron chi connectivity index (χ3n) is 2.29. The first kappa shape index (κ1) is 12.0. The maximum atomic E-state index is 10.8. The Kier molecular flexibility index (Phi) is 3.52. The van der Waals surface area contributed by atoms with E-state index in [1.54, 1.807) is 12.3 Å². The minimum absolute atomic E-state index is 0.130. The number of amides is 1. The number of nitrogens with one attached hydrogen (secondary N) is 1. The van der Waals surface area contributed by atoms with Crippen LogP contribution in [0.15, 0.2) is 22.7 Å². The first-order valence-electron chi connectivity index (χ1n) is 5.50. The van der Waals surface area contributed by atoms with Gasteiger partial charge in [-0.15, -0.1) is 10.2 Å². The molecule has 7 nitrogen and oxygen atoms in total. The van der Waals surface area contributed by atoms with Crippen molar-refractivity contribution in [3.8, 4) is 0 Å². The lowest BCUT2D eigenvalue weighted by Crippen LogP contribution is -2.14. The Morgan fingerprint density at radius 3 is 2.83 bits per heavy atom. The van der Waals surface area contributed by atoms with E-state index in [2.05, 4.69) is 20.5 Å². The van der Waals surface area contributed by atoms with E-state index < -0.39 is 5.91 Å². The molecule has 0 atom stereocenters. The van der Waals surface area contributed by atoms with E-state index in [-0.39, 0.29) is 5.69 Å². The highest BCUT2D eigenvalue weighted by atomic mass is 16.4. The summed E-state index contributed by atoms with van der Waals surface area (Å²) in [5, 5.41) is 10.5. The van der Waals surface area contributed by atoms with E-state index in [0.717, 1.165) is 12.2 Å². The molecule has 0 aliphatic carbocycles. The van der Waals surface area contributed by atoms with E-state index >= 15 is 0 Å². The molecule has 7 heteroatoms. The van der Waals surface area contributed by atoms with Gasteiger partial charge in [0.15, 0.2) is 5.69 Å². The van der Waals surface area contributed by atoms with Gasteiger partial charge in [-0.05, 0) is 12.1 Å². The van der Waals surface area contributed by atoms with E-state index in [1.165, 1.54) is 6.07 Å². The van der Waals surface area contributed by atoms with Crippen LogP contribution in [0.4, 0.5) is 5.82 Å². The Balaban J connectivity index is 1.95. The van der Waals surface area contributed by atoms with Gasteiger partial charge in [-0.25, -0.2) is 4.98 Å². The highest BCUT2D eigenvalue weighted by Gasteiger charge is 2.05. The Bertz CT molecular complexity index is 535. The molecule has 2 aromatic heterocycles. The summed E-state index contributed by atoms with van der Waals surface area (Å²) in [6.45, 7) is 2.40. The molecule has 18 heavy (non-hydrogen) atoms. The molecule has 0 saturated heterocycles. The molecule has 0 unspecified atom stereocenters. The van der Waals surface area contributed by atoms with E-state index in [1.807, 2.05) is 6.92 Å². The summed E-state index contributed by atoms with van der Waals surface area (Å²) >= 11 is 0. The molecular weight excluding hydrogens is 234 g/mol. The summed E-state index contributed by atoms with van der Waals surface area (Å²) in [5.41, 5.74) is 5.19. The number of anilines is 1. The van der Waals surface area contributed by atoms with Crippen molar-refractivity contribution in [2.45, 2.75) is 19.9 Å². The van der Waals surface area contributed by atoms with Crippen LogP contribution in [-0.4, -0.2) is 21.1 Å². The fourth-order valence-corrected chi connectivity index (χ4v) is 1.32. The van der Waals surface area contributed by atoms with Crippen molar-refractivity contribution in [1.29, 1.82) is 0 Å². The maximum Gasteiger partial charge on any atom is 0.269 e. The van der Waals surface area contributed by atoms with Crippen LogP contribution >= 0.6 is 0 Å². The van der Waals surface area contributed by atoms with Crippen LogP contribution in [0, 0.1) is 0 Å². The van der Waals surface area contributed by atoms with Gasteiger partial charge in [-0.1, -0.05) is 6.92 Å². The van der Waals surface area contributed by atoms with Gasteiger partial charge in [-0.3, -0.25) is 4.79 Å². The average Bonchev–Trinajstić information content (AvgIpc) is 2.85. The van der Waals surface area contributed by atoms with Crippen LogP contribution in [0.1, 0.15) is 29.1 Å². The minimum Gasteiger partial charge on any atom is -0.444 e. The van der Waals surface area contributed by atoms with Crippen molar-refractivity contribution in [2.75, 3.05) is 5.32 Å². The van der Waals surface area contributed by atoms with Crippen molar-refractivity contribution >= 4 is 11.7 Å². The number of nitrogens with two attached hydrogens (primary N) is 1. The van der Waals surface area contributed by atoms with Gasteiger partial charge >= 0.3 is 0 Å². The highest BCUT2D eigenvalue weighted by Crippen LogP contribution is 2.07. The van der Waals surface area contributed by atoms with Gasteiger partial charge in [0.05, 0.1) is 12.7 Å². The first-order chi connectivity index (χ1) is 8.69. The number of aromatic nitrogens is 3. The summed E-state index contributed by atoms with van der Waals surface area (Å²) in [6.07, 6.45) is 2.50. The van der Waals surface area contributed by atoms with Crippen molar-refractivity contribution in [2.24, 2.45) is 5.73 Å². The molecule has 1 amide bonds. The molecule has 0 aliphatic rings. The van der Waals surface area contributed by atoms with Crippen LogP contribution < -0.4 is 11.1 Å². The Morgan fingerprint density at radius 2 is 2.28 bits per heavy atom. The van der Waals surface area contributed by atoms with Gasteiger partial charge < -0.3 is 15.5 Å². The van der Waals surface area contributed by atoms with Gasteiger partial charge in [0, 0.05) is 6.42 Å². The summed E-state index contributed by atoms with van der Waals surface area (Å²) in [6, 6.07) is 3.13. The molecule has 94 valence electrons. The first-order valence-corrected chi connectivity index (χ1v) is 5.50. The number of nitrogens with zero attached hydrogens (tertiary/aromatic N) is 3. The number of rotatable bonds is 5. The molecule has 0 aliphatic heterocycles. The largest absolute Gasteiger partial charge is 0.444 e. The third-order valence-corrected chi connectivity index (χ3v) is 2.29. The monoisotopic (exact) mass is 247 g/mol. The number of hydrogen-bond acceptors (Lipinski definition) is 6. The van der Waals surface area contributed by atoms with Crippen LogP contribution in [0.3, 0.4) is 0 Å². The number of hydrogen-bond donors (Lipinski definition) is 2. The van der Waals surface area contributed by atoms with Crippen molar-refractivity contribution in [3.05, 3.63) is 35.7 Å². The van der Waals surface area contributed by atoms with Gasteiger partial charge in [-0.2, -0.15) is 0 Å². The zero-order valence-corrected chi connectivity index (χ0v) is 9.88. The van der Waals surface area contributed by atoms with Gasteiger partial charge in [0.1, 0.15) is 11.6 Å². The Morgan fingerprint density at radius 1 is 1.44 bits per heavy atom. The van der Waals surface area contributed by atoms with E-state index in [9.17, 15) is 4.79 Å². The quantitative estimate of drug-likeness (QED) is 0.806. The second kappa shape index (κ2) is 5.26. The van der Waals surface area contributed by atoms with E-state index in [4.69, 9.17) is 10.2 Å². The zero-order valence-electron chi connectivity index (χ0n) is 9.88.